The first-order valence-electron chi connectivity index (χ1n) is 0. The molecule has 4 heteroatoms. The predicted molar refractivity (Wildman–Crippen MR) is 9.94 cm³/mol. The standard InChI is InChI=1S/Mn.Sb.Ti.Zr.3H. The van der Waals surface area contributed by atoms with E-state index in [1.54, 1.807) is 0 Å². The molecule has 0 aromatic carbocycles. The first kappa shape index (κ1) is 28.4. The summed E-state index contributed by atoms with van der Waals surface area (Å²) in [6, 6.07) is 0. The maximum Gasteiger partial charge on any atom is 0 e. The Morgan fingerprint density at radius 2 is 1.00 bits per heavy atom. The van der Waals surface area contributed by atoms with Gasteiger partial charge in [0, 0.05) is 65.0 Å². The van der Waals surface area contributed by atoms with E-state index in [9.17, 15) is 0 Å². The number of hydrogen-bond donors (Lipinski definition) is 0. The monoisotopic (exact) mass is 317 g/mol. The first-order valence-corrected chi connectivity index (χ1v) is 0. The third-order valence-corrected chi connectivity index (χ3v) is 0. The minimum absolute atomic E-state index is 0. The molecule has 0 nitrogen and oxygen atoms in total. The topological polar surface area (TPSA) is 0 Å². The van der Waals surface area contributed by atoms with Crippen LogP contribution in [-0.4, -0.2) is 24.4 Å². The van der Waals surface area contributed by atoms with Crippen LogP contribution in [0.1, 0.15) is 0 Å². The molecule has 0 amide bonds. The summed E-state index contributed by atoms with van der Waals surface area (Å²) < 4.78 is 0. The molecule has 23 valence electrons. The Morgan fingerprint density at radius 1 is 1.00 bits per heavy atom. The molecule has 0 saturated carbocycles. The zero-order valence-electron chi connectivity index (χ0n) is 2.09. The molecule has 0 aliphatic heterocycles. The van der Waals surface area contributed by atoms with Crippen LogP contribution < -0.4 is 0 Å². The molecule has 0 aliphatic rings. The van der Waals surface area contributed by atoms with Gasteiger partial charge in [-0.05, 0) is 0 Å². The van der Waals surface area contributed by atoms with Crippen LogP contribution in [0.3, 0.4) is 0 Å². The van der Waals surface area contributed by atoms with Gasteiger partial charge in [-0.15, -0.1) is 0 Å². The van der Waals surface area contributed by atoms with Crippen molar-refractivity contribution in [3.63, 3.8) is 0 Å². The number of rotatable bonds is 0. The normalized spacial score (nSPS) is 0. The van der Waals surface area contributed by atoms with Gasteiger partial charge in [0.2, 0.25) is 0 Å². The Kier molecular flexibility index (Phi) is 119. The summed E-state index contributed by atoms with van der Waals surface area (Å²) in [4.78, 5) is 0. The maximum absolute atomic E-state index is 0. The molecule has 0 rings (SSSR count). The zero-order valence-corrected chi connectivity index (χ0v) is 11.3. The molecule has 0 atom stereocenters. The van der Waals surface area contributed by atoms with E-state index in [-0.39, 0.29) is 89.4 Å². The second kappa shape index (κ2) is 16.8. The van der Waals surface area contributed by atoms with E-state index in [0.717, 1.165) is 0 Å². The van der Waals surface area contributed by atoms with E-state index in [0.29, 0.717) is 0 Å². The van der Waals surface area contributed by atoms with E-state index in [4.69, 9.17) is 0 Å². The first-order chi connectivity index (χ1) is 0. The summed E-state index contributed by atoms with van der Waals surface area (Å²) in [6.45, 7) is 0. The summed E-state index contributed by atoms with van der Waals surface area (Å²) in [5.41, 5.74) is 0. The third kappa shape index (κ3) is 8.87. The summed E-state index contributed by atoms with van der Waals surface area (Å²) >= 11 is 0. The SMILES string of the molecule is [Mn].[SbH3].[Ti].[Zr]. The Balaban J connectivity index is 0. The van der Waals surface area contributed by atoms with Crippen molar-refractivity contribution < 1.29 is 65.0 Å². The Morgan fingerprint density at radius 3 is 1.00 bits per heavy atom. The van der Waals surface area contributed by atoms with Gasteiger partial charge in [0.1, 0.15) is 0 Å². The predicted octanol–water partition coefficient (Wildman–Crippen LogP) is -1.19. The van der Waals surface area contributed by atoms with E-state index in [1.165, 1.54) is 0 Å². The molecule has 4 heavy (non-hydrogen) atoms. The van der Waals surface area contributed by atoms with Crippen molar-refractivity contribution in [2.45, 2.75) is 0 Å². The maximum atomic E-state index is 0. The van der Waals surface area contributed by atoms with Gasteiger partial charge in [0.15, 0.2) is 0 Å². The molecule has 0 aromatic heterocycles. The van der Waals surface area contributed by atoms with Crippen LogP contribution in [0.5, 0.6) is 0 Å². The van der Waals surface area contributed by atoms with Gasteiger partial charge in [0.05, 0.1) is 0 Å². The zero-order chi connectivity index (χ0) is 0. The Hall–Kier alpha value is 2.94. The van der Waals surface area contributed by atoms with Crippen LogP contribution in [0.2, 0.25) is 0 Å². The van der Waals surface area contributed by atoms with Crippen molar-refractivity contribution >= 4 is 24.4 Å². The fraction of sp³-hybridized carbons (Fsp3) is 0. The van der Waals surface area contributed by atoms with Crippen LogP contribution in [0.4, 0.5) is 0 Å². The van der Waals surface area contributed by atoms with Crippen LogP contribution in [0, 0.1) is 0 Å². The van der Waals surface area contributed by atoms with Gasteiger partial charge in [-0.3, -0.25) is 0 Å². The van der Waals surface area contributed by atoms with Crippen molar-refractivity contribution in [3.05, 3.63) is 0 Å². The molecular weight excluding hydrogens is 316 g/mol. The van der Waals surface area contributed by atoms with E-state index >= 15 is 0 Å². The molecule has 0 spiro atoms. The number of hydrogen-bond acceptors (Lipinski definition) is 0. The Labute approximate surface area is 87.8 Å². The smallest absolute Gasteiger partial charge is 0 e. The largest absolute Gasteiger partial charge is 0 e. The average Bonchev–Trinajstić information content (AvgIpc) is 0. The summed E-state index contributed by atoms with van der Waals surface area (Å²) in [5, 5.41) is 0. The summed E-state index contributed by atoms with van der Waals surface area (Å²) in [5.74, 6) is 0. The quantitative estimate of drug-likeness (QED) is 0.493. The third-order valence-electron chi connectivity index (χ3n) is 0. The second-order valence-electron chi connectivity index (χ2n) is 0. The molecule has 0 fully saturated rings. The molecule has 0 aliphatic carbocycles. The van der Waals surface area contributed by atoms with Gasteiger partial charge in [-0.1, -0.05) is 0 Å². The molecule has 1 radical (unpaired) electrons. The minimum Gasteiger partial charge on any atom is 0 e. The second-order valence-corrected chi connectivity index (χ2v) is 0. The van der Waals surface area contributed by atoms with Gasteiger partial charge in [0.25, 0.3) is 0 Å². The Bertz CT molecular complexity index is 8.00. The van der Waals surface area contributed by atoms with E-state index in [2.05, 4.69) is 0 Å². The molecule has 0 aromatic rings. The molecule has 0 N–H and O–H groups in total. The molecular formula is H3MnSbTiZr. The summed E-state index contributed by atoms with van der Waals surface area (Å²) in [6.07, 6.45) is 0. The van der Waals surface area contributed by atoms with Gasteiger partial charge in [-0.2, -0.15) is 0 Å². The van der Waals surface area contributed by atoms with E-state index < -0.39 is 0 Å². The van der Waals surface area contributed by atoms with Crippen LogP contribution in [-0.2, 0) is 65.0 Å². The minimum atomic E-state index is 0. The van der Waals surface area contributed by atoms with Crippen LogP contribution >= 0.6 is 0 Å². The van der Waals surface area contributed by atoms with Gasteiger partial charge in [-0.25, -0.2) is 0 Å². The van der Waals surface area contributed by atoms with Gasteiger partial charge < -0.3 is 0 Å². The van der Waals surface area contributed by atoms with Crippen molar-refractivity contribution in [2.24, 2.45) is 0 Å². The molecule has 0 bridgehead atoms. The molecule has 0 heterocycles. The molecule has 0 unspecified atom stereocenters. The van der Waals surface area contributed by atoms with E-state index in [1.807, 2.05) is 0 Å². The van der Waals surface area contributed by atoms with Crippen molar-refractivity contribution in [1.82, 2.24) is 0 Å². The van der Waals surface area contributed by atoms with Crippen molar-refractivity contribution in [1.29, 1.82) is 0 Å². The molecule has 0 saturated heterocycles. The fourth-order valence-corrected chi connectivity index (χ4v) is 0. The average molecular weight is 319 g/mol. The van der Waals surface area contributed by atoms with Crippen molar-refractivity contribution in [2.75, 3.05) is 0 Å². The summed E-state index contributed by atoms with van der Waals surface area (Å²) in [7, 11) is 0. The van der Waals surface area contributed by atoms with Crippen molar-refractivity contribution in [3.8, 4) is 0 Å². The van der Waals surface area contributed by atoms with Crippen LogP contribution in [0.25, 0.3) is 0 Å². The fourth-order valence-electron chi connectivity index (χ4n) is 0. The van der Waals surface area contributed by atoms with Gasteiger partial charge >= 0.3 is 24.4 Å². The van der Waals surface area contributed by atoms with Crippen LogP contribution in [0.15, 0.2) is 0 Å².